The first-order valence-corrected chi connectivity index (χ1v) is 11.2. The molecule has 0 saturated carbocycles. The van der Waals surface area contributed by atoms with Crippen molar-refractivity contribution in [1.29, 1.82) is 0 Å². The van der Waals surface area contributed by atoms with Crippen molar-refractivity contribution >= 4 is 22.3 Å². The Balaban J connectivity index is 1.66. The topological polar surface area (TPSA) is 12.5 Å². The zero-order valence-electron chi connectivity index (χ0n) is 11.2. The highest BCUT2D eigenvalue weighted by molar-refractivity contribution is 7.49. The third-order valence-electron chi connectivity index (χ3n) is 4.30. The zero-order valence-corrected chi connectivity index (χ0v) is 13.3. The van der Waals surface area contributed by atoms with Gasteiger partial charge in [0.25, 0.3) is 0 Å². The molecule has 0 aromatic heterocycles. The molecule has 0 aliphatic carbocycles. The van der Waals surface area contributed by atoms with Crippen LogP contribution in [0.25, 0.3) is 0 Å². The number of hydrogen-bond acceptors (Lipinski definition) is 2. The van der Waals surface area contributed by atoms with Gasteiger partial charge in [0.1, 0.15) is 8.30 Å². The SMILES string of the molecule is C[SiH](C[C@@H]1OP(C)N2CCC[C@H]12)c1ccccc1. The van der Waals surface area contributed by atoms with Gasteiger partial charge in [-0.3, -0.25) is 4.67 Å². The van der Waals surface area contributed by atoms with Gasteiger partial charge in [0.05, 0.1) is 14.9 Å². The van der Waals surface area contributed by atoms with E-state index >= 15 is 0 Å². The second-order valence-electron chi connectivity index (χ2n) is 5.53. The number of hydrogen-bond donors (Lipinski definition) is 0. The van der Waals surface area contributed by atoms with Crippen molar-refractivity contribution in [2.75, 3.05) is 13.2 Å². The zero-order chi connectivity index (χ0) is 12.5. The first kappa shape index (κ1) is 12.8. The molecule has 18 heavy (non-hydrogen) atoms. The molecule has 4 heteroatoms. The molecule has 1 aromatic carbocycles. The van der Waals surface area contributed by atoms with Crippen LogP contribution in [0.3, 0.4) is 0 Å². The number of fused-ring (bicyclic) bond motifs is 1. The fourth-order valence-corrected chi connectivity index (χ4v) is 7.56. The molecule has 2 aliphatic rings. The maximum absolute atomic E-state index is 6.25. The van der Waals surface area contributed by atoms with Crippen LogP contribution in [0, 0.1) is 0 Å². The van der Waals surface area contributed by atoms with Crippen LogP contribution in [-0.2, 0) is 4.52 Å². The quantitative estimate of drug-likeness (QED) is 0.623. The first-order valence-electron chi connectivity index (χ1n) is 6.97. The van der Waals surface area contributed by atoms with Crippen molar-refractivity contribution in [3.05, 3.63) is 30.3 Å². The molecule has 2 unspecified atom stereocenters. The van der Waals surface area contributed by atoms with Crippen molar-refractivity contribution in [1.82, 2.24) is 4.67 Å². The molecular weight excluding hydrogens is 257 g/mol. The van der Waals surface area contributed by atoms with Crippen LogP contribution in [-0.4, -0.2) is 38.8 Å². The average molecular weight is 279 g/mol. The van der Waals surface area contributed by atoms with Crippen LogP contribution in [0.2, 0.25) is 12.6 Å². The third-order valence-corrected chi connectivity index (χ3v) is 8.79. The first-order chi connectivity index (χ1) is 8.75. The minimum absolute atomic E-state index is 0.289. The van der Waals surface area contributed by atoms with E-state index in [1.54, 1.807) is 5.19 Å². The Morgan fingerprint density at radius 1 is 1.39 bits per heavy atom. The second kappa shape index (κ2) is 5.42. The van der Waals surface area contributed by atoms with Crippen molar-refractivity contribution in [3.8, 4) is 0 Å². The van der Waals surface area contributed by atoms with E-state index < -0.39 is 8.80 Å². The number of benzene rings is 1. The summed E-state index contributed by atoms with van der Waals surface area (Å²) in [5, 5.41) is 1.58. The van der Waals surface area contributed by atoms with Gasteiger partial charge in [0.2, 0.25) is 0 Å². The van der Waals surface area contributed by atoms with Crippen LogP contribution in [0.5, 0.6) is 0 Å². The van der Waals surface area contributed by atoms with E-state index in [2.05, 4.69) is 48.2 Å². The summed E-state index contributed by atoms with van der Waals surface area (Å²) in [6.07, 6.45) is 3.25. The Hall–Kier alpha value is -0.213. The largest absolute Gasteiger partial charge is 0.339 e. The summed E-state index contributed by atoms with van der Waals surface area (Å²) in [5.74, 6) is 0. The van der Waals surface area contributed by atoms with Gasteiger partial charge in [0, 0.05) is 12.6 Å². The van der Waals surface area contributed by atoms with Gasteiger partial charge in [-0.15, -0.1) is 0 Å². The number of rotatable bonds is 3. The van der Waals surface area contributed by atoms with E-state index in [4.69, 9.17) is 4.52 Å². The van der Waals surface area contributed by atoms with Crippen LogP contribution < -0.4 is 5.19 Å². The molecular formula is C14H22NOPSi. The van der Waals surface area contributed by atoms with Crippen LogP contribution in [0.1, 0.15) is 12.8 Å². The lowest BCUT2D eigenvalue weighted by molar-refractivity contribution is 0.231. The van der Waals surface area contributed by atoms with Gasteiger partial charge in [-0.2, -0.15) is 0 Å². The van der Waals surface area contributed by atoms with Crippen LogP contribution in [0.4, 0.5) is 0 Å². The normalized spacial score (nSPS) is 33.6. The van der Waals surface area contributed by atoms with Gasteiger partial charge < -0.3 is 4.52 Å². The second-order valence-corrected chi connectivity index (χ2v) is 10.1. The van der Waals surface area contributed by atoms with E-state index in [0.29, 0.717) is 6.10 Å². The summed E-state index contributed by atoms with van der Waals surface area (Å²) >= 11 is 0. The molecule has 4 atom stereocenters. The molecule has 0 radical (unpaired) electrons. The Morgan fingerprint density at radius 2 is 2.17 bits per heavy atom. The standard InChI is InChI=1S/C14H22NOPSi/c1-17-15-10-6-9-13(15)14(16-17)11-18(2)12-7-4-3-5-8-12/h3-5,7-8,13-14,18H,6,9-11H2,1-2H3/t13-,14+,17?,18?/m1/s1. The lowest BCUT2D eigenvalue weighted by Gasteiger charge is -2.20. The predicted molar refractivity (Wildman–Crippen MR) is 81.3 cm³/mol. The predicted octanol–water partition coefficient (Wildman–Crippen LogP) is 2.56. The highest BCUT2D eigenvalue weighted by atomic mass is 31.2. The van der Waals surface area contributed by atoms with Crippen LogP contribution in [0.15, 0.2) is 30.3 Å². The molecule has 0 amide bonds. The summed E-state index contributed by atoms with van der Waals surface area (Å²) in [7, 11) is -1.12. The Bertz CT molecular complexity index is 402. The Morgan fingerprint density at radius 3 is 2.94 bits per heavy atom. The van der Waals surface area contributed by atoms with E-state index in [9.17, 15) is 0 Å². The fraction of sp³-hybridized carbons (Fsp3) is 0.571. The lowest BCUT2D eigenvalue weighted by Crippen LogP contribution is -2.36. The fourth-order valence-electron chi connectivity index (χ4n) is 3.30. The highest BCUT2D eigenvalue weighted by Crippen LogP contribution is 2.53. The van der Waals surface area contributed by atoms with E-state index in [-0.39, 0.29) is 8.30 Å². The number of nitrogens with zero attached hydrogens (tertiary/aromatic N) is 1. The van der Waals surface area contributed by atoms with Crippen molar-refractivity contribution in [2.24, 2.45) is 0 Å². The van der Waals surface area contributed by atoms with E-state index in [1.807, 2.05) is 0 Å². The van der Waals surface area contributed by atoms with Crippen molar-refractivity contribution < 1.29 is 4.52 Å². The minimum atomic E-state index is -0.834. The Labute approximate surface area is 113 Å². The maximum atomic E-state index is 6.25. The van der Waals surface area contributed by atoms with Gasteiger partial charge in [-0.05, 0) is 25.6 Å². The maximum Gasteiger partial charge on any atom is 0.101 e. The van der Waals surface area contributed by atoms with Crippen molar-refractivity contribution in [3.63, 3.8) is 0 Å². The highest BCUT2D eigenvalue weighted by Gasteiger charge is 2.43. The lowest BCUT2D eigenvalue weighted by atomic mass is 10.1. The molecule has 0 spiro atoms. The average Bonchev–Trinajstić information content (AvgIpc) is 2.97. The summed E-state index contributed by atoms with van der Waals surface area (Å²) < 4.78 is 8.88. The summed E-state index contributed by atoms with van der Waals surface area (Å²) in [4.78, 5) is 0. The monoisotopic (exact) mass is 279 g/mol. The molecule has 0 N–H and O–H groups in total. The van der Waals surface area contributed by atoms with E-state index in [0.717, 1.165) is 6.04 Å². The summed E-state index contributed by atoms with van der Waals surface area (Å²) in [6.45, 7) is 6.02. The van der Waals surface area contributed by atoms with Gasteiger partial charge in [0.15, 0.2) is 0 Å². The van der Waals surface area contributed by atoms with Gasteiger partial charge >= 0.3 is 0 Å². The Kier molecular flexibility index (Phi) is 3.85. The molecule has 2 aliphatic heterocycles. The van der Waals surface area contributed by atoms with E-state index in [1.165, 1.54) is 25.4 Å². The molecule has 2 saturated heterocycles. The molecule has 0 bridgehead atoms. The molecule has 3 rings (SSSR count). The molecule has 2 heterocycles. The van der Waals surface area contributed by atoms with Gasteiger partial charge in [-0.1, -0.05) is 42.1 Å². The molecule has 1 aromatic rings. The van der Waals surface area contributed by atoms with Crippen molar-refractivity contribution in [2.45, 2.75) is 37.6 Å². The minimum Gasteiger partial charge on any atom is -0.339 e. The third kappa shape index (κ3) is 2.42. The van der Waals surface area contributed by atoms with Crippen LogP contribution >= 0.6 is 8.30 Å². The molecule has 2 nitrogen and oxygen atoms in total. The molecule has 2 fully saturated rings. The smallest absolute Gasteiger partial charge is 0.101 e. The summed E-state index contributed by atoms with van der Waals surface area (Å²) in [5.41, 5.74) is 0. The molecule has 98 valence electrons. The van der Waals surface area contributed by atoms with Gasteiger partial charge in [-0.25, -0.2) is 0 Å². The summed E-state index contributed by atoms with van der Waals surface area (Å²) in [6, 6.07) is 13.1.